The highest BCUT2D eigenvalue weighted by molar-refractivity contribution is 9.10. The van der Waals surface area contributed by atoms with E-state index < -0.39 is 0 Å². The molecular formula is C18H27BrN2. The minimum absolute atomic E-state index is 0.213. The second kappa shape index (κ2) is 6.70. The Morgan fingerprint density at radius 1 is 1.24 bits per heavy atom. The van der Waals surface area contributed by atoms with Crippen LogP contribution in [0.5, 0.6) is 0 Å². The van der Waals surface area contributed by atoms with Crippen molar-refractivity contribution in [1.29, 1.82) is 0 Å². The summed E-state index contributed by atoms with van der Waals surface area (Å²) in [6.45, 7) is 3.29. The molecule has 3 atom stereocenters. The summed E-state index contributed by atoms with van der Waals surface area (Å²) in [7, 11) is 0. The van der Waals surface area contributed by atoms with Crippen LogP contribution in [0, 0.1) is 5.92 Å². The van der Waals surface area contributed by atoms with Crippen molar-refractivity contribution in [2.45, 2.75) is 64.0 Å². The summed E-state index contributed by atoms with van der Waals surface area (Å²) in [6, 6.07) is 7.87. The van der Waals surface area contributed by atoms with Crippen LogP contribution in [-0.4, -0.2) is 18.6 Å². The van der Waals surface area contributed by atoms with Crippen LogP contribution in [0.25, 0.3) is 0 Å². The average Bonchev–Trinajstić information content (AvgIpc) is 2.48. The molecule has 1 saturated heterocycles. The van der Waals surface area contributed by atoms with Crippen molar-refractivity contribution in [3.8, 4) is 0 Å². The fourth-order valence-electron chi connectivity index (χ4n) is 4.17. The van der Waals surface area contributed by atoms with Gasteiger partial charge in [-0.3, -0.25) is 0 Å². The lowest BCUT2D eigenvalue weighted by atomic mass is 9.78. The molecule has 0 amide bonds. The molecule has 3 rings (SSSR count). The van der Waals surface area contributed by atoms with E-state index in [0.717, 1.165) is 18.4 Å². The maximum absolute atomic E-state index is 5.93. The van der Waals surface area contributed by atoms with Gasteiger partial charge in [0.05, 0.1) is 0 Å². The molecule has 1 aliphatic carbocycles. The number of piperidine rings is 1. The van der Waals surface area contributed by atoms with Crippen molar-refractivity contribution in [2.75, 3.05) is 11.4 Å². The monoisotopic (exact) mass is 350 g/mol. The molecule has 3 heteroatoms. The first-order valence-electron chi connectivity index (χ1n) is 8.46. The van der Waals surface area contributed by atoms with Crippen molar-refractivity contribution in [3.05, 3.63) is 28.2 Å². The molecule has 0 radical (unpaired) electrons. The highest BCUT2D eigenvalue weighted by atomic mass is 79.9. The maximum Gasteiger partial charge on any atom is 0.0380 e. The number of nitrogens with zero attached hydrogens (tertiary/aromatic N) is 1. The van der Waals surface area contributed by atoms with Gasteiger partial charge in [0, 0.05) is 28.8 Å². The predicted molar refractivity (Wildman–Crippen MR) is 93.8 cm³/mol. The van der Waals surface area contributed by atoms with Crippen LogP contribution >= 0.6 is 15.9 Å². The van der Waals surface area contributed by atoms with Crippen LogP contribution in [0.15, 0.2) is 22.7 Å². The zero-order valence-electron chi connectivity index (χ0n) is 13.0. The Hall–Kier alpha value is -0.540. The van der Waals surface area contributed by atoms with E-state index in [-0.39, 0.29) is 6.04 Å². The first kappa shape index (κ1) is 15.4. The third-order valence-electron chi connectivity index (χ3n) is 5.15. The van der Waals surface area contributed by atoms with Gasteiger partial charge >= 0.3 is 0 Å². The lowest BCUT2D eigenvalue weighted by Crippen LogP contribution is -2.46. The second-order valence-electron chi connectivity index (χ2n) is 6.90. The minimum Gasteiger partial charge on any atom is -0.368 e. The highest BCUT2D eigenvalue weighted by Crippen LogP contribution is 2.38. The molecule has 2 N–H and O–H groups in total. The largest absolute Gasteiger partial charge is 0.368 e. The van der Waals surface area contributed by atoms with Crippen molar-refractivity contribution < 1.29 is 0 Å². The van der Waals surface area contributed by atoms with Crippen LogP contribution in [0.4, 0.5) is 5.69 Å². The number of benzene rings is 1. The molecule has 116 valence electrons. The standard InChI is InChI=1S/C18H27BrN2/c1-13(20)11-15-8-9-16(12-17(15)19)21-10-4-6-14-5-2-3-7-18(14)21/h8-9,12-14,18H,2-7,10-11,20H2,1H3/t13?,14-,18-/m1/s1. The quantitative estimate of drug-likeness (QED) is 0.869. The van der Waals surface area contributed by atoms with Gasteiger partial charge in [0.15, 0.2) is 0 Å². The Kier molecular flexibility index (Phi) is 4.90. The summed E-state index contributed by atoms with van der Waals surface area (Å²) >= 11 is 3.75. The van der Waals surface area contributed by atoms with Gasteiger partial charge in [-0.25, -0.2) is 0 Å². The zero-order chi connectivity index (χ0) is 14.8. The van der Waals surface area contributed by atoms with Crippen LogP contribution in [-0.2, 0) is 6.42 Å². The minimum atomic E-state index is 0.213. The normalized spacial score (nSPS) is 27.3. The van der Waals surface area contributed by atoms with E-state index in [4.69, 9.17) is 5.73 Å². The van der Waals surface area contributed by atoms with E-state index >= 15 is 0 Å². The van der Waals surface area contributed by atoms with Gasteiger partial charge in [-0.1, -0.05) is 34.8 Å². The summed E-state index contributed by atoms with van der Waals surface area (Å²) in [5.74, 6) is 0.926. The highest BCUT2D eigenvalue weighted by Gasteiger charge is 2.33. The molecule has 21 heavy (non-hydrogen) atoms. The lowest BCUT2D eigenvalue weighted by molar-refractivity contribution is 0.244. The Morgan fingerprint density at radius 2 is 2.00 bits per heavy atom. The van der Waals surface area contributed by atoms with Gasteiger partial charge in [-0.05, 0) is 62.6 Å². The number of rotatable bonds is 3. The molecule has 1 saturated carbocycles. The summed E-state index contributed by atoms with van der Waals surface area (Å²) in [4.78, 5) is 2.67. The Morgan fingerprint density at radius 3 is 2.76 bits per heavy atom. The third kappa shape index (κ3) is 3.45. The number of hydrogen-bond donors (Lipinski definition) is 1. The predicted octanol–water partition coefficient (Wildman–Crippen LogP) is 4.50. The van der Waals surface area contributed by atoms with Gasteiger partial charge in [-0.2, -0.15) is 0 Å². The topological polar surface area (TPSA) is 29.3 Å². The average molecular weight is 351 g/mol. The van der Waals surface area contributed by atoms with E-state index in [9.17, 15) is 0 Å². The fraction of sp³-hybridized carbons (Fsp3) is 0.667. The Balaban J connectivity index is 1.80. The third-order valence-corrected chi connectivity index (χ3v) is 5.89. The first-order valence-corrected chi connectivity index (χ1v) is 9.25. The van der Waals surface area contributed by atoms with E-state index in [1.165, 1.54) is 60.8 Å². The molecule has 2 fully saturated rings. The number of fused-ring (bicyclic) bond motifs is 1. The second-order valence-corrected chi connectivity index (χ2v) is 7.76. The van der Waals surface area contributed by atoms with Crippen LogP contribution in [0.1, 0.15) is 51.0 Å². The van der Waals surface area contributed by atoms with Gasteiger partial charge in [0.1, 0.15) is 0 Å². The van der Waals surface area contributed by atoms with Crippen molar-refractivity contribution in [1.82, 2.24) is 0 Å². The number of nitrogens with two attached hydrogens (primary N) is 1. The van der Waals surface area contributed by atoms with Crippen molar-refractivity contribution in [2.24, 2.45) is 11.7 Å². The van der Waals surface area contributed by atoms with E-state index in [1.807, 2.05) is 0 Å². The molecule has 0 bridgehead atoms. The fourth-order valence-corrected chi connectivity index (χ4v) is 4.70. The van der Waals surface area contributed by atoms with Gasteiger partial charge in [-0.15, -0.1) is 0 Å². The molecule has 1 aliphatic heterocycles. The number of anilines is 1. The number of halogens is 1. The van der Waals surface area contributed by atoms with Crippen molar-refractivity contribution >= 4 is 21.6 Å². The van der Waals surface area contributed by atoms with E-state index in [2.05, 4.69) is 46.0 Å². The Labute approximate surface area is 137 Å². The summed E-state index contributed by atoms with van der Waals surface area (Å²) in [5.41, 5.74) is 8.65. The van der Waals surface area contributed by atoms with Crippen LogP contribution in [0.2, 0.25) is 0 Å². The molecule has 2 aliphatic rings. The first-order chi connectivity index (χ1) is 10.1. The molecule has 1 heterocycles. The molecule has 1 aromatic carbocycles. The molecule has 1 aromatic rings. The number of hydrogen-bond acceptors (Lipinski definition) is 2. The van der Waals surface area contributed by atoms with Gasteiger partial charge in [0.2, 0.25) is 0 Å². The van der Waals surface area contributed by atoms with Crippen LogP contribution in [0.3, 0.4) is 0 Å². The molecule has 0 aromatic heterocycles. The molecule has 0 spiro atoms. The zero-order valence-corrected chi connectivity index (χ0v) is 14.6. The van der Waals surface area contributed by atoms with Gasteiger partial charge in [0.25, 0.3) is 0 Å². The summed E-state index contributed by atoms with van der Waals surface area (Å²) < 4.78 is 1.22. The molecule has 2 nitrogen and oxygen atoms in total. The van der Waals surface area contributed by atoms with E-state index in [1.54, 1.807) is 0 Å². The van der Waals surface area contributed by atoms with Gasteiger partial charge < -0.3 is 10.6 Å². The smallest absolute Gasteiger partial charge is 0.0380 e. The van der Waals surface area contributed by atoms with E-state index in [0.29, 0.717) is 0 Å². The molecular weight excluding hydrogens is 324 g/mol. The lowest BCUT2D eigenvalue weighted by Gasteiger charge is -2.45. The SMILES string of the molecule is CC(N)Cc1ccc(N2CCC[C@H]3CCCC[C@H]32)cc1Br. The maximum atomic E-state index is 5.93. The summed E-state index contributed by atoms with van der Waals surface area (Å²) in [6.07, 6.45) is 9.38. The summed E-state index contributed by atoms with van der Waals surface area (Å²) in [5, 5.41) is 0. The van der Waals surface area contributed by atoms with Crippen molar-refractivity contribution in [3.63, 3.8) is 0 Å². The molecule has 1 unspecified atom stereocenters. The van der Waals surface area contributed by atoms with Crippen LogP contribution < -0.4 is 10.6 Å². The Bertz CT molecular complexity index is 484.